The van der Waals surface area contributed by atoms with Crippen molar-refractivity contribution in [1.82, 2.24) is 0 Å². The third-order valence-electron chi connectivity index (χ3n) is 5.62. The van der Waals surface area contributed by atoms with Gasteiger partial charge in [-0.3, -0.25) is 0 Å². The lowest BCUT2D eigenvalue weighted by Gasteiger charge is -2.24. The summed E-state index contributed by atoms with van der Waals surface area (Å²) in [5, 5.41) is 0. The minimum Gasteiger partial charge on any atom is -0.493 e. The van der Waals surface area contributed by atoms with E-state index in [1.165, 1.54) is 74.5 Å². The zero-order valence-corrected chi connectivity index (χ0v) is 17.5. The van der Waals surface area contributed by atoms with Crippen molar-refractivity contribution < 1.29 is 9.47 Å². The van der Waals surface area contributed by atoms with Gasteiger partial charge in [-0.15, -0.1) is 0 Å². The zero-order chi connectivity index (χ0) is 19.3. The second-order valence-corrected chi connectivity index (χ2v) is 7.93. The molecular weight excluding hydrogens is 334 g/mol. The predicted molar refractivity (Wildman–Crippen MR) is 115 cm³/mol. The smallest absolute Gasteiger partial charge is 0.125 e. The molecule has 3 rings (SSSR count). The maximum absolute atomic E-state index is 5.91. The van der Waals surface area contributed by atoms with Gasteiger partial charge in [0.15, 0.2) is 0 Å². The van der Waals surface area contributed by atoms with Gasteiger partial charge in [-0.05, 0) is 57.1 Å². The number of ether oxygens (including phenoxy) is 2. The van der Waals surface area contributed by atoms with E-state index in [-0.39, 0.29) is 0 Å². The average molecular weight is 374 g/mol. The van der Waals surface area contributed by atoms with Crippen molar-refractivity contribution in [2.75, 3.05) is 26.9 Å². The maximum Gasteiger partial charge on any atom is 0.125 e. The molecule has 27 heavy (non-hydrogen) atoms. The summed E-state index contributed by atoms with van der Waals surface area (Å²) in [7, 11) is 1.78. The van der Waals surface area contributed by atoms with Crippen molar-refractivity contribution in [1.29, 1.82) is 0 Å². The van der Waals surface area contributed by atoms with E-state index in [9.17, 15) is 0 Å². The SMILES string of the molecule is COCCCCC1CCC1.Cc1ccc(C(OCCCN)=C2CCC2)cc1. The monoisotopic (exact) mass is 373 g/mol. The summed E-state index contributed by atoms with van der Waals surface area (Å²) in [4.78, 5) is 0. The van der Waals surface area contributed by atoms with E-state index in [0.29, 0.717) is 6.54 Å². The summed E-state index contributed by atoms with van der Waals surface area (Å²) < 4.78 is 10.9. The van der Waals surface area contributed by atoms with Gasteiger partial charge in [0.05, 0.1) is 6.61 Å². The number of allylic oxidation sites excluding steroid dienone is 1. The molecule has 2 saturated carbocycles. The molecule has 0 bridgehead atoms. The van der Waals surface area contributed by atoms with Gasteiger partial charge in [0.25, 0.3) is 0 Å². The molecule has 3 nitrogen and oxygen atoms in total. The van der Waals surface area contributed by atoms with Gasteiger partial charge in [0.2, 0.25) is 0 Å². The number of unbranched alkanes of at least 4 members (excludes halogenated alkanes) is 1. The number of aryl methyl sites for hydroxylation is 1. The van der Waals surface area contributed by atoms with E-state index in [2.05, 4.69) is 31.2 Å². The second-order valence-electron chi connectivity index (χ2n) is 7.93. The highest BCUT2D eigenvalue weighted by Gasteiger charge is 2.17. The highest BCUT2D eigenvalue weighted by Crippen LogP contribution is 2.34. The maximum atomic E-state index is 5.91. The quantitative estimate of drug-likeness (QED) is 0.413. The molecule has 0 aliphatic heterocycles. The fraction of sp³-hybridized carbons (Fsp3) is 0.667. The summed E-state index contributed by atoms with van der Waals surface area (Å²) in [6, 6.07) is 8.58. The lowest BCUT2D eigenvalue weighted by molar-refractivity contribution is 0.185. The van der Waals surface area contributed by atoms with Gasteiger partial charge in [0.1, 0.15) is 5.76 Å². The first kappa shape index (κ1) is 22.0. The molecule has 0 amide bonds. The Morgan fingerprint density at radius 1 is 1.00 bits per heavy atom. The first-order valence-corrected chi connectivity index (χ1v) is 10.9. The molecule has 2 N–H and O–H groups in total. The molecule has 152 valence electrons. The van der Waals surface area contributed by atoms with Gasteiger partial charge in [-0.1, -0.05) is 61.9 Å². The standard InChI is InChI=1S/C15H21NO.C9H18O/c1-12-6-8-14(9-7-12)15(13-4-2-5-13)17-11-3-10-16;1-10-8-3-2-5-9-6-4-7-9/h6-9H,2-5,10-11,16H2,1H3;9H,2-8H2,1H3. The third kappa shape index (κ3) is 8.06. The minimum atomic E-state index is 0.691. The first-order chi connectivity index (χ1) is 13.2. The van der Waals surface area contributed by atoms with Gasteiger partial charge in [-0.25, -0.2) is 0 Å². The minimum absolute atomic E-state index is 0.691. The molecule has 0 unspecified atom stereocenters. The Morgan fingerprint density at radius 2 is 1.74 bits per heavy atom. The van der Waals surface area contributed by atoms with Crippen LogP contribution in [0.25, 0.3) is 5.76 Å². The Balaban J connectivity index is 0.000000223. The van der Waals surface area contributed by atoms with Gasteiger partial charge in [-0.2, -0.15) is 0 Å². The van der Waals surface area contributed by atoms with Crippen LogP contribution < -0.4 is 5.73 Å². The summed E-state index contributed by atoms with van der Waals surface area (Å²) in [6.07, 6.45) is 13.1. The summed E-state index contributed by atoms with van der Waals surface area (Å²) in [5.41, 5.74) is 9.46. The molecule has 2 aliphatic rings. The number of nitrogens with two attached hydrogens (primary N) is 1. The van der Waals surface area contributed by atoms with Crippen LogP contribution in [0.5, 0.6) is 0 Å². The molecule has 2 aliphatic carbocycles. The molecule has 0 saturated heterocycles. The largest absolute Gasteiger partial charge is 0.493 e. The number of hydrogen-bond donors (Lipinski definition) is 1. The average Bonchev–Trinajstić information content (AvgIpc) is 2.59. The molecule has 1 aromatic carbocycles. The van der Waals surface area contributed by atoms with Gasteiger partial charge >= 0.3 is 0 Å². The predicted octanol–water partition coefficient (Wildman–Crippen LogP) is 5.86. The summed E-state index contributed by atoms with van der Waals surface area (Å²) >= 11 is 0. The van der Waals surface area contributed by atoms with Crippen molar-refractivity contribution >= 4 is 5.76 Å². The van der Waals surface area contributed by atoms with E-state index < -0.39 is 0 Å². The topological polar surface area (TPSA) is 44.5 Å². The third-order valence-corrected chi connectivity index (χ3v) is 5.62. The molecule has 3 heteroatoms. The van der Waals surface area contributed by atoms with Crippen molar-refractivity contribution in [2.45, 2.75) is 71.1 Å². The summed E-state index contributed by atoms with van der Waals surface area (Å²) in [5.74, 6) is 2.18. The highest BCUT2D eigenvalue weighted by atomic mass is 16.5. The van der Waals surface area contributed by atoms with Gasteiger partial charge < -0.3 is 15.2 Å². The van der Waals surface area contributed by atoms with E-state index in [4.69, 9.17) is 15.2 Å². The lowest BCUT2D eigenvalue weighted by Crippen LogP contribution is -2.10. The van der Waals surface area contributed by atoms with Crippen LogP contribution in [0.4, 0.5) is 0 Å². The van der Waals surface area contributed by atoms with E-state index in [1.54, 1.807) is 7.11 Å². The molecule has 0 heterocycles. The van der Waals surface area contributed by atoms with Crippen LogP contribution in [0, 0.1) is 12.8 Å². The zero-order valence-electron chi connectivity index (χ0n) is 17.5. The van der Waals surface area contributed by atoms with Crippen molar-refractivity contribution in [3.63, 3.8) is 0 Å². The van der Waals surface area contributed by atoms with Crippen LogP contribution in [-0.2, 0) is 9.47 Å². The lowest BCUT2D eigenvalue weighted by atomic mass is 9.82. The molecule has 1 aromatic rings. The van der Waals surface area contributed by atoms with Crippen LogP contribution in [-0.4, -0.2) is 26.9 Å². The molecule has 0 radical (unpaired) electrons. The van der Waals surface area contributed by atoms with Gasteiger partial charge in [0, 0.05) is 19.3 Å². The molecule has 0 spiro atoms. The Labute approximate surface area is 166 Å². The van der Waals surface area contributed by atoms with E-state index >= 15 is 0 Å². The van der Waals surface area contributed by atoms with Crippen LogP contribution in [0.15, 0.2) is 29.8 Å². The number of methoxy groups -OCH3 is 1. The van der Waals surface area contributed by atoms with E-state index in [0.717, 1.165) is 31.3 Å². The Hall–Kier alpha value is -1.32. The highest BCUT2D eigenvalue weighted by molar-refractivity contribution is 5.64. The number of rotatable bonds is 10. The molecular formula is C24H39NO2. The molecule has 0 aromatic heterocycles. The molecule has 2 fully saturated rings. The number of benzene rings is 1. The van der Waals surface area contributed by atoms with Crippen molar-refractivity contribution in [2.24, 2.45) is 11.7 Å². The Morgan fingerprint density at radius 3 is 2.26 bits per heavy atom. The Bertz CT molecular complexity index is 540. The fourth-order valence-electron chi connectivity index (χ4n) is 3.39. The van der Waals surface area contributed by atoms with Crippen LogP contribution in [0.2, 0.25) is 0 Å². The van der Waals surface area contributed by atoms with Crippen molar-refractivity contribution in [3.05, 3.63) is 41.0 Å². The van der Waals surface area contributed by atoms with Crippen LogP contribution >= 0.6 is 0 Å². The van der Waals surface area contributed by atoms with Crippen molar-refractivity contribution in [3.8, 4) is 0 Å². The van der Waals surface area contributed by atoms with Crippen LogP contribution in [0.3, 0.4) is 0 Å². The van der Waals surface area contributed by atoms with E-state index in [1.807, 2.05) is 0 Å². The Kier molecular flexibility index (Phi) is 10.5. The normalized spacial score (nSPS) is 16.0. The van der Waals surface area contributed by atoms with Crippen LogP contribution in [0.1, 0.15) is 75.3 Å². The fourth-order valence-corrected chi connectivity index (χ4v) is 3.39. The summed E-state index contributed by atoms with van der Waals surface area (Å²) in [6.45, 7) is 4.47. The first-order valence-electron chi connectivity index (χ1n) is 10.9. The second kappa shape index (κ2) is 13.0. The number of hydrogen-bond acceptors (Lipinski definition) is 3. The molecule has 0 atom stereocenters.